The first-order chi connectivity index (χ1) is 13.6. The fourth-order valence-electron chi connectivity index (χ4n) is 2.28. The molecule has 2 rings (SSSR count). The van der Waals surface area contributed by atoms with E-state index in [0.29, 0.717) is 4.47 Å². The van der Waals surface area contributed by atoms with Crippen molar-refractivity contribution in [2.75, 3.05) is 19.5 Å². The Balaban J connectivity index is 2.32. The molecule has 0 atom stereocenters. The van der Waals surface area contributed by atoms with E-state index in [-0.39, 0.29) is 43.5 Å². The summed E-state index contributed by atoms with van der Waals surface area (Å²) in [5, 5.41) is 14.9. The molecule has 0 fully saturated rings. The van der Waals surface area contributed by atoms with Crippen LogP contribution in [0.3, 0.4) is 0 Å². The molecule has 0 aliphatic rings. The number of nitro benzene ring substituents is 1. The molecule has 0 bridgehead atoms. The minimum absolute atomic E-state index is 0.0107. The number of nitrogens with one attached hydrogen (secondary N) is 2. The molecule has 0 aliphatic heterocycles. The lowest BCUT2D eigenvalue weighted by Gasteiger charge is -2.16. The molecule has 0 aliphatic carbocycles. The fraction of sp³-hybridized carbons (Fsp3) is 0.125. The van der Waals surface area contributed by atoms with E-state index in [1.165, 1.54) is 20.3 Å². The van der Waals surface area contributed by atoms with Gasteiger partial charge in [0.1, 0.15) is 11.3 Å². The molecule has 29 heavy (non-hydrogen) atoms. The van der Waals surface area contributed by atoms with E-state index in [1.807, 2.05) is 0 Å². The van der Waals surface area contributed by atoms with Gasteiger partial charge >= 0.3 is 6.03 Å². The van der Waals surface area contributed by atoms with E-state index in [1.54, 1.807) is 0 Å². The van der Waals surface area contributed by atoms with Gasteiger partial charge in [-0.05, 0) is 22.0 Å². The maximum absolute atomic E-state index is 12.7. The number of carbonyl (C=O) groups excluding carboxylic acids is 2. The van der Waals surface area contributed by atoms with E-state index >= 15 is 0 Å². The van der Waals surface area contributed by atoms with Gasteiger partial charge < -0.3 is 14.8 Å². The number of nitrogens with zero attached hydrogens (tertiary/aromatic N) is 1. The molecule has 0 heterocycles. The number of benzene rings is 2. The quantitative estimate of drug-likeness (QED) is 0.402. The molecule has 0 spiro atoms. The predicted molar refractivity (Wildman–Crippen MR) is 112 cm³/mol. The second-order valence-corrected chi connectivity index (χ2v) is 7.31. The predicted octanol–water partition coefficient (Wildman–Crippen LogP) is 5.30. The van der Waals surface area contributed by atoms with Crippen LogP contribution in [0.5, 0.6) is 11.5 Å². The topological polar surface area (TPSA) is 120 Å². The van der Waals surface area contributed by atoms with Crippen molar-refractivity contribution in [2.24, 2.45) is 0 Å². The summed E-state index contributed by atoms with van der Waals surface area (Å²) < 4.78 is 10.7. The molecule has 0 saturated carbocycles. The van der Waals surface area contributed by atoms with Crippen molar-refractivity contribution in [1.29, 1.82) is 0 Å². The number of non-ortho nitro benzene ring substituents is 1. The van der Waals surface area contributed by atoms with Crippen LogP contribution < -0.4 is 20.1 Å². The van der Waals surface area contributed by atoms with Crippen molar-refractivity contribution in [2.45, 2.75) is 0 Å². The fourth-order valence-corrected chi connectivity index (χ4v) is 3.86. The van der Waals surface area contributed by atoms with Gasteiger partial charge in [-0.1, -0.05) is 34.8 Å². The number of hydrogen-bond donors (Lipinski definition) is 2. The summed E-state index contributed by atoms with van der Waals surface area (Å²) in [6, 6.07) is 2.47. The summed E-state index contributed by atoms with van der Waals surface area (Å²) in [5.74, 6) is -0.820. The van der Waals surface area contributed by atoms with Crippen LogP contribution in [0, 0.1) is 10.1 Å². The number of anilines is 1. The lowest BCUT2D eigenvalue weighted by atomic mass is 10.1. The highest BCUT2D eigenvalue weighted by molar-refractivity contribution is 9.10. The molecule has 154 valence electrons. The van der Waals surface area contributed by atoms with Gasteiger partial charge in [-0.2, -0.15) is 0 Å². The summed E-state index contributed by atoms with van der Waals surface area (Å²) in [6.07, 6.45) is 0. The van der Waals surface area contributed by atoms with E-state index in [9.17, 15) is 19.7 Å². The lowest BCUT2D eigenvalue weighted by molar-refractivity contribution is -0.384. The Bertz CT molecular complexity index is 967. The molecule has 0 radical (unpaired) electrons. The first-order valence-electron chi connectivity index (χ1n) is 7.46. The van der Waals surface area contributed by atoms with Crippen LogP contribution in [0.25, 0.3) is 0 Å². The lowest BCUT2D eigenvalue weighted by Crippen LogP contribution is -2.35. The Hall–Kier alpha value is -2.27. The third-order valence-corrected chi connectivity index (χ3v) is 4.95. The largest absolute Gasteiger partial charge is 0.495 e. The van der Waals surface area contributed by atoms with E-state index in [0.717, 1.165) is 12.1 Å². The van der Waals surface area contributed by atoms with Crippen molar-refractivity contribution in [3.05, 3.63) is 53.4 Å². The summed E-state index contributed by atoms with van der Waals surface area (Å²) in [4.78, 5) is 35.1. The summed E-state index contributed by atoms with van der Waals surface area (Å²) in [7, 11) is 2.61. The van der Waals surface area contributed by atoms with Crippen molar-refractivity contribution >= 4 is 74.0 Å². The number of urea groups is 1. The number of hydrogen-bond acceptors (Lipinski definition) is 6. The number of rotatable bonds is 5. The minimum Gasteiger partial charge on any atom is -0.495 e. The number of amides is 3. The average Bonchev–Trinajstić information content (AvgIpc) is 2.63. The van der Waals surface area contributed by atoms with Crippen molar-refractivity contribution in [1.82, 2.24) is 5.32 Å². The highest BCUT2D eigenvalue weighted by atomic mass is 79.9. The maximum Gasteiger partial charge on any atom is 0.326 e. The summed E-state index contributed by atoms with van der Waals surface area (Å²) >= 11 is 21.2. The van der Waals surface area contributed by atoms with Crippen molar-refractivity contribution in [3.8, 4) is 11.5 Å². The molecule has 0 saturated heterocycles. The molecule has 2 aromatic rings. The van der Waals surface area contributed by atoms with Gasteiger partial charge in [-0.25, -0.2) is 4.79 Å². The molecular weight excluding hydrogens is 516 g/mol. The van der Waals surface area contributed by atoms with Gasteiger partial charge in [0.25, 0.3) is 11.6 Å². The maximum atomic E-state index is 12.7. The Morgan fingerprint density at radius 1 is 1.03 bits per heavy atom. The standard InChI is InChI=1S/C16H11BrCl3N3O6/c1-28-13-7(17)5-10(20)14(29-2)11(13)15(24)22-16(25)21-12-8(18)3-6(23(26)27)4-9(12)19/h3-5H,1-2H3,(H2,21,22,24,25). The summed E-state index contributed by atoms with van der Waals surface area (Å²) in [5.41, 5.74) is -0.610. The van der Waals surface area contributed by atoms with Crippen LogP contribution in [-0.2, 0) is 0 Å². The van der Waals surface area contributed by atoms with Gasteiger partial charge in [0.2, 0.25) is 0 Å². The second kappa shape index (κ2) is 9.49. The molecule has 2 aromatic carbocycles. The zero-order valence-electron chi connectivity index (χ0n) is 14.6. The van der Waals surface area contributed by atoms with Gasteiger partial charge in [0.05, 0.1) is 44.4 Å². The van der Waals surface area contributed by atoms with Gasteiger partial charge in [0.15, 0.2) is 5.75 Å². The Labute approximate surface area is 187 Å². The van der Waals surface area contributed by atoms with Gasteiger partial charge in [-0.3, -0.25) is 20.2 Å². The zero-order chi connectivity index (χ0) is 21.9. The van der Waals surface area contributed by atoms with Crippen molar-refractivity contribution < 1.29 is 24.0 Å². The molecule has 9 nitrogen and oxygen atoms in total. The number of nitro groups is 1. The first-order valence-corrected chi connectivity index (χ1v) is 9.39. The average molecular weight is 528 g/mol. The number of ether oxygens (including phenoxy) is 2. The van der Waals surface area contributed by atoms with E-state index in [4.69, 9.17) is 44.3 Å². The van der Waals surface area contributed by atoms with Crippen LogP contribution in [0.2, 0.25) is 15.1 Å². The third-order valence-electron chi connectivity index (χ3n) is 3.48. The summed E-state index contributed by atoms with van der Waals surface area (Å²) in [6.45, 7) is 0. The monoisotopic (exact) mass is 525 g/mol. The smallest absolute Gasteiger partial charge is 0.326 e. The molecule has 13 heteroatoms. The molecule has 0 aromatic heterocycles. The molecular formula is C16H11BrCl3N3O6. The van der Waals surface area contributed by atoms with Crippen LogP contribution >= 0.6 is 50.7 Å². The van der Waals surface area contributed by atoms with Crippen LogP contribution in [0.15, 0.2) is 22.7 Å². The second-order valence-electron chi connectivity index (χ2n) is 5.23. The highest BCUT2D eigenvalue weighted by Gasteiger charge is 2.26. The van der Waals surface area contributed by atoms with Crippen LogP contribution in [0.1, 0.15) is 10.4 Å². The third kappa shape index (κ3) is 5.02. The normalized spacial score (nSPS) is 10.3. The zero-order valence-corrected chi connectivity index (χ0v) is 18.5. The first kappa shape index (κ1) is 23.0. The Kier molecular flexibility index (Phi) is 7.53. The number of imide groups is 1. The molecule has 0 unspecified atom stereocenters. The van der Waals surface area contributed by atoms with Crippen LogP contribution in [0.4, 0.5) is 16.2 Å². The SMILES string of the molecule is COc1c(Cl)cc(Br)c(OC)c1C(=O)NC(=O)Nc1c(Cl)cc([N+](=O)[O-])cc1Cl. The molecule has 3 amide bonds. The number of halogens is 4. The van der Waals surface area contributed by atoms with E-state index in [2.05, 4.69) is 26.6 Å². The van der Waals surface area contributed by atoms with Gasteiger partial charge in [0, 0.05) is 12.1 Å². The van der Waals surface area contributed by atoms with Crippen molar-refractivity contribution in [3.63, 3.8) is 0 Å². The minimum atomic E-state index is -1.01. The highest BCUT2D eigenvalue weighted by Crippen LogP contribution is 2.41. The number of methoxy groups -OCH3 is 2. The molecule has 2 N–H and O–H groups in total. The Morgan fingerprint density at radius 3 is 2.07 bits per heavy atom. The van der Waals surface area contributed by atoms with Crippen LogP contribution in [-0.4, -0.2) is 31.1 Å². The number of carbonyl (C=O) groups is 2. The Morgan fingerprint density at radius 2 is 1.59 bits per heavy atom. The van der Waals surface area contributed by atoms with Gasteiger partial charge in [-0.15, -0.1) is 0 Å². The van der Waals surface area contributed by atoms with E-state index < -0.39 is 16.9 Å².